The molecule has 0 spiro atoms. The first-order valence-electron chi connectivity index (χ1n) is 9.32. The number of esters is 1. The van der Waals surface area contributed by atoms with Crippen LogP contribution in [-0.4, -0.2) is 34.1 Å². The molecule has 3 rings (SSSR count). The number of nitro benzene ring substituents is 1. The minimum absolute atomic E-state index is 0.0239. The summed E-state index contributed by atoms with van der Waals surface area (Å²) in [5.74, 6) is -0.621. The van der Waals surface area contributed by atoms with E-state index >= 15 is 0 Å². The fourth-order valence-electron chi connectivity index (χ4n) is 2.77. The van der Waals surface area contributed by atoms with Gasteiger partial charge in [-0.15, -0.1) is 0 Å². The van der Waals surface area contributed by atoms with Gasteiger partial charge in [-0.1, -0.05) is 11.6 Å². The van der Waals surface area contributed by atoms with Crippen LogP contribution in [0.5, 0.6) is 5.75 Å². The summed E-state index contributed by atoms with van der Waals surface area (Å²) in [6.07, 6.45) is 1.77. The number of carbonyl (C=O) groups excluding carboxylic acids is 1. The van der Waals surface area contributed by atoms with Crippen LogP contribution in [0.2, 0.25) is 5.02 Å². The van der Waals surface area contributed by atoms with Crippen molar-refractivity contribution in [2.45, 2.75) is 19.8 Å². The van der Waals surface area contributed by atoms with Crippen LogP contribution in [-0.2, 0) is 9.53 Å². The average molecular weight is 449 g/mol. The van der Waals surface area contributed by atoms with Crippen LogP contribution in [0, 0.1) is 15.9 Å². The number of hydrogen-bond donors (Lipinski definition) is 1. The van der Waals surface area contributed by atoms with Gasteiger partial charge in [-0.05, 0) is 31.5 Å². The molecule has 0 aliphatic rings. The number of carbonyl (C=O) groups is 1. The van der Waals surface area contributed by atoms with Crippen molar-refractivity contribution in [3.8, 4) is 5.75 Å². The lowest BCUT2D eigenvalue weighted by atomic mass is 10.2. The largest absolute Gasteiger partial charge is 0.487 e. The van der Waals surface area contributed by atoms with Crippen molar-refractivity contribution in [2.75, 3.05) is 18.5 Å². The number of nitro groups is 1. The number of ether oxygens (including phenoxy) is 2. The van der Waals surface area contributed by atoms with E-state index in [0.29, 0.717) is 23.0 Å². The molecule has 0 atom stereocenters. The van der Waals surface area contributed by atoms with Crippen LogP contribution < -0.4 is 10.1 Å². The number of aromatic nitrogens is 2. The smallest absolute Gasteiger partial charge is 0.311 e. The van der Waals surface area contributed by atoms with Crippen LogP contribution >= 0.6 is 11.6 Å². The summed E-state index contributed by atoms with van der Waals surface area (Å²) in [6, 6.07) is 6.76. The maximum Gasteiger partial charge on any atom is 0.311 e. The van der Waals surface area contributed by atoms with Crippen molar-refractivity contribution >= 4 is 45.7 Å². The van der Waals surface area contributed by atoms with Gasteiger partial charge in [-0.3, -0.25) is 14.9 Å². The molecule has 1 N–H and O–H groups in total. The Kier molecular flexibility index (Phi) is 7.14. The first kappa shape index (κ1) is 22.2. The predicted molar refractivity (Wildman–Crippen MR) is 112 cm³/mol. The van der Waals surface area contributed by atoms with E-state index in [-0.39, 0.29) is 47.9 Å². The van der Waals surface area contributed by atoms with Gasteiger partial charge in [0.15, 0.2) is 5.75 Å². The fraction of sp³-hybridized carbons (Fsp3) is 0.250. The zero-order chi connectivity index (χ0) is 22.4. The molecule has 0 unspecified atom stereocenters. The van der Waals surface area contributed by atoms with E-state index in [1.54, 1.807) is 6.92 Å². The lowest BCUT2D eigenvalue weighted by Gasteiger charge is -2.11. The molecule has 11 heteroatoms. The molecule has 1 aromatic heterocycles. The molecule has 0 radical (unpaired) electrons. The van der Waals surface area contributed by atoms with E-state index < -0.39 is 10.7 Å². The van der Waals surface area contributed by atoms with Crippen molar-refractivity contribution in [1.82, 2.24) is 9.97 Å². The Labute approximate surface area is 181 Å². The van der Waals surface area contributed by atoms with Gasteiger partial charge >= 0.3 is 11.7 Å². The third kappa shape index (κ3) is 5.54. The Morgan fingerprint density at radius 3 is 2.81 bits per heavy atom. The molecule has 1 heterocycles. The van der Waals surface area contributed by atoms with E-state index in [2.05, 4.69) is 15.3 Å². The molecule has 2 aromatic carbocycles. The lowest BCUT2D eigenvalue weighted by molar-refractivity contribution is -0.385. The van der Waals surface area contributed by atoms with Crippen molar-refractivity contribution in [3.05, 3.63) is 57.6 Å². The molecule has 0 saturated heterocycles. The summed E-state index contributed by atoms with van der Waals surface area (Å²) in [4.78, 5) is 30.7. The van der Waals surface area contributed by atoms with Gasteiger partial charge in [0.2, 0.25) is 0 Å². The molecule has 31 heavy (non-hydrogen) atoms. The SMILES string of the molecule is CCOC(=O)CCCOc1cc2ncnc(Nc3ccc(F)c(Cl)c3)c2cc1[N+](=O)[O-]. The molecule has 0 aliphatic heterocycles. The topological polar surface area (TPSA) is 116 Å². The highest BCUT2D eigenvalue weighted by Gasteiger charge is 2.19. The molecule has 9 nitrogen and oxygen atoms in total. The monoisotopic (exact) mass is 448 g/mol. The quantitative estimate of drug-likeness (QED) is 0.215. The summed E-state index contributed by atoms with van der Waals surface area (Å²) < 4.78 is 23.8. The summed E-state index contributed by atoms with van der Waals surface area (Å²) >= 11 is 5.80. The second-order valence-corrected chi connectivity index (χ2v) is 6.73. The Balaban J connectivity index is 1.85. The summed E-state index contributed by atoms with van der Waals surface area (Å²) in [5, 5.41) is 14.8. The molecule has 0 aliphatic carbocycles. The van der Waals surface area contributed by atoms with Crippen LogP contribution in [0.3, 0.4) is 0 Å². The zero-order valence-electron chi connectivity index (χ0n) is 16.4. The Morgan fingerprint density at radius 2 is 2.10 bits per heavy atom. The molecule has 3 aromatic rings. The van der Waals surface area contributed by atoms with Gasteiger partial charge in [0.05, 0.1) is 34.1 Å². The zero-order valence-corrected chi connectivity index (χ0v) is 17.2. The fourth-order valence-corrected chi connectivity index (χ4v) is 2.95. The van der Waals surface area contributed by atoms with E-state index in [9.17, 15) is 19.3 Å². The molecule has 0 bridgehead atoms. The summed E-state index contributed by atoms with van der Waals surface area (Å²) in [6.45, 7) is 2.09. The van der Waals surface area contributed by atoms with Gasteiger partial charge in [0.25, 0.3) is 0 Å². The maximum absolute atomic E-state index is 13.4. The van der Waals surface area contributed by atoms with Gasteiger partial charge in [0, 0.05) is 24.2 Å². The third-order valence-electron chi connectivity index (χ3n) is 4.18. The molecule has 0 amide bonds. The number of nitrogens with zero attached hydrogens (tertiary/aromatic N) is 3. The Bertz CT molecular complexity index is 1130. The van der Waals surface area contributed by atoms with Gasteiger partial charge in [-0.25, -0.2) is 14.4 Å². The predicted octanol–water partition coefficient (Wildman–Crippen LogP) is 4.80. The third-order valence-corrected chi connectivity index (χ3v) is 4.47. The van der Waals surface area contributed by atoms with E-state index in [1.807, 2.05) is 0 Å². The standard InChI is InChI=1S/C20H18ClFN4O5/c1-2-30-19(27)4-3-7-31-18-10-16-13(9-17(18)26(28)29)20(24-11-23-16)25-12-5-6-15(22)14(21)8-12/h5-6,8-11H,2-4,7H2,1H3,(H,23,24,25). The number of fused-ring (bicyclic) bond motifs is 1. The van der Waals surface area contributed by atoms with Crippen LogP contribution in [0.15, 0.2) is 36.7 Å². The number of benzene rings is 2. The first-order chi connectivity index (χ1) is 14.9. The second kappa shape index (κ2) is 9.98. The second-order valence-electron chi connectivity index (χ2n) is 6.33. The Hall–Kier alpha value is -3.53. The average Bonchev–Trinajstić information content (AvgIpc) is 2.73. The van der Waals surface area contributed by atoms with Crippen LogP contribution in [0.4, 0.5) is 21.6 Å². The van der Waals surface area contributed by atoms with E-state index in [1.165, 1.54) is 36.7 Å². The van der Waals surface area contributed by atoms with Crippen LogP contribution in [0.25, 0.3) is 10.9 Å². The van der Waals surface area contributed by atoms with Gasteiger partial charge < -0.3 is 14.8 Å². The normalized spacial score (nSPS) is 10.7. The number of hydrogen-bond acceptors (Lipinski definition) is 8. The molecule has 0 fully saturated rings. The highest BCUT2D eigenvalue weighted by atomic mass is 35.5. The highest BCUT2D eigenvalue weighted by molar-refractivity contribution is 6.31. The minimum atomic E-state index is -0.578. The van der Waals surface area contributed by atoms with Gasteiger partial charge in [-0.2, -0.15) is 0 Å². The molecule has 162 valence electrons. The summed E-state index contributed by atoms with van der Waals surface area (Å²) in [5.41, 5.74) is 0.573. The van der Waals surface area contributed by atoms with Gasteiger partial charge in [0.1, 0.15) is 18.0 Å². The summed E-state index contributed by atoms with van der Waals surface area (Å²) in [7, 11) is 0. The number of nitrogens with one attached hydrogen (secondary N) is 1. The highest BCUT2D eigenvalue weighted by Crippen LogP contribution is 2.35. The molecule has 0 saturated carbocycles. The molecular formula is C20H18ClFN4O5. The van der Waals surface area contributed by atoms with Crippen LogP contribution in [0.1, 0.15) is 19.8 Å². The van der Waals surface area contributed by atoms with Crippen molar-refractivity contribution in [1.29, 1.82) is 0 Å². The number of anilines is 2. The number of halogens is 2. The number of rotatable bonds is 9. The van der Waals surface area contributed by atoms with Crippen molar-refractivity contribution in [2.24, 2.45) is 0 Å². The van der Waals surface area contributed by atoms with Crippen molar-refractivity contribution < 1.29 is 23.6 Å². The maximum atomic E-state index is 13.4. The van der Waals surface area contributed by atoms with E-state index in [0.717, 1.165) is 0 Å². The first-order valence-corrected chi connectivity index (χ1v) is 9.70. The minimum Gasteiger partial charge on any atom is -0.487 e. The molecular weight excluding hydrogens is 431 g/mol. The lowest BCUT2D eigenvalue weighted by Crippen LogP contribution is -2.07. The Morgan fingerprint density at radius 1 is 1.29 bits per heavy atom. The van der Waals surface area contributed by atoms with Crippen molar-refractivity contribution in [3.63, 3.8) is 0 Å². The van der Waals surface area contributed by atoms with E-state index in [4.69, 9.17) is 21.1 Å².